The maximum Gasteiger partial charge on any atom is 0.436 e. The molecule has 0 aromatic heterocycles. The van der Waals surface area contributed by atoms with Gasteiger partial charge in [0.2, 0.25) is 0 Å². The van der Waals surface area contributed by atoms with Crippen LogP contribution < -0.4 is 0 Å². The lowest BCUT2D eigenvalue weighted by atomic mass is 9.85. The van der Waals surface area contributed by atoms with Crippen molar-refractivity contribution in [3.05, 3.63) is 58.4 Å². The van der Waals surface area contributed by atoms with Gasteiger partial charge in [-0.3, -0.25) is 0 Å². The normalized spacial score (nSPS) is 21.1. The maximum atomic E-state index is 13.8. The fraction of sp³-hybridized carbons (Fsp3) is 0.250. The van der Waals surface area contributed by atoms with Crippen molar-refractivity contribution in [1.29, 1.82) is 10.5 Å². The summed E-state index contributed by atoms with van der Waals surface area (Å²) in [6.45, 7) is 2.71. The van der Waals surface area contributed by atoms with Crippen molar-refractivity contribution in [2.75, 3.05) is 0 Å². The molecule has 1 heterocycles. The molecule has 1 aromatic carbocycles. The number of benzene rings is 1. The number of halogens is 3. The standard InChI is InChI=1S/C16H11F3N2O/c1-10-11(2)15(16(17,18)19,13-6-4-3-5-7-13)22-14(10)12(8-20)9-21/h3-7H,1-2H3. The summed E-state index contributed by atoms with van der Waals surface area (Å²) in [5.74, 6) is -0.316. The van der Waals surface area contributed by atoms with E-state index in [9.17, 15) is 13.2 Å². The van der Waals surface area contributed by atoms with Crippen molar-refractivity contribution in [2.24, 2.45) is 0 Å². The molecule has 112 valence electrons. The fourth-order valence-electron chi connectivity index (χ4n) is 2.49. The van der Waals surface area contributed by atoms with Crippen LogP contribution in [-0.4, -0.2) is 6.18 Å². The minimum Gasteiger partial charge on any atom is -0.466 e. The molecule has 1 aromatic rings. The molecular formula is C16H11F3N2O. The second-order valence-corrected chi connectivity index (χ2v) is 4.82. The number of alkyl halides is 3. The topological polar surface area (TPSA) is 56.8 Å². The van der Waals surface area contributed by atoms with Gasteiger partial charge in [0.1, 0.15) is 12.1 Å². The summed E-state index contributed by atoms with van der Waals surface area (Å²) in [5, 5.41) is 17.8. The summed E-state index contributed by atoms with van der Waals surface area (Å²) in [6, 6.07) is 10.3. The van der Waals surface area contributed by atoms with Gasteiger partial charge in [-0.05, 0) is 25.0 Å². The molecular weight excluding hydrogens is 293 g/mol. The number of nitriles is 2. The van der Waals surface area contributed by atoms with Crippen LogP contribution in [0.5, 0.6) is 0 Å². The molecule has 0 aliphatic carbocycles. The van der Waals surface area contributed by atoms with Gasteiger partial charge in [0.25, 0.3) is 5.60 Å². The highest BCUT2D eigenvalue weighted by Crippen LogP contribution is 2.54. The molecule has 0 bridgehead atoms. The molecule has 6 heteroatoms. The maximum absolute atomic E-state index is 13.8. The van der Waals surface area contributed by atoms with Crippen molar-refractivity contribution in [1.82, 2.24) is 0 Å². The Bertz CT molecular complexity index is 732. The van der Waals surface area contributed by atoms with E-state index in [4.69, 9.17) is 15.3 Å². The van der Waals surface area contributed by atoms with E-state index in [2.05, 4.69) is 0 Å². The number of hydrogen-bond donors (Lipinski definition) is 0. The third-order valence-electron chi connectivity index (χ3n) is 3.72. The summed E-state index contributed by atoms with van der Waals surface area (Å²) in [6.07, 6.45) is -4.74. The molecule has 22 heavy (non-hydrogen) atoms. The van der Waals surface area contributed by atoms with Crippen LogP contribution in [-0.2, 0) is 10.3 Å². The number of hydrogen-bond acceptors (Lipinski definition) is 3. The average Bonchev–Trinajstić information content (AvgIpc) is 2.75. The van der Waals surface area contributed by atoms with Crippen LogP contribution in [0.2, 0.25) is 0 Å². The third-order valence-corrected chi connectivity index (χ3v) is 3.72. The van der Waals surface area contributed by atoms with Crippen LogP contribution in [0.3, 0.4) is 0 Å². The van der Waals surface area contributed by atoms with E-state index < -0.39 is 17.4 Å². The first-order valence-corrected chi connectivity index (χ1v) is 6.33. The Morgan fingerprint density at radius 3 is 2.09 bits per heavy atom. The average molecular weight is 304 g/mol. The van der Waals surface area contributed by atoms with Gasteiger partial charge < -0.3 is 4.74 Å². The zero-order valence-corrected chi connectivity index (χ0v) is 11.8. The Morgan fingerprint density at radius 1 is 1.09 bits per heavy atom. The predicted octanol–water partition coefficient (Wildman–Crippen LogP) is 4.11. The quantitative estimate of drug-likeness (QED) is 0.734. The lowest BCUT2D eigenvalue weighted by Crippen LogP contribution is -2.43. The highest BCUT2D eigenvalue weighted by atomic mass is 19.4. The monoisotopic (exact) mass is 304 g/mol. The summed E-state index contributed by atoms with van der Waals surface area (Å²) < 4.78 is 46.7. The van der Waals surface area contributed by atoms with E-state index in [1.165, 1.54) is 38.1 Å². The Kier molecular flexibility index (Phi) is 3.72. The van der Waals surface area contributed by atoms with E-state index >= 15 is 0 Å². The first kappa shape index (κ1) is 15.7. The van der Waals surface area contributed by atoms with Gasteiger partial charge in [-0.1, -0.05) is 30.3 Å². The van der Waals surface area contributed by atoms with E-state index in [0.717, 1.165) is 0 Å². The van der Waals surface area contributed by atoms with Crippen LogP contribution in [0, 0.1) is 22.7 Å². The molecule has 0 amide bonds. The Hall–Kier alpha value is -2.73. The zero-order valence-electron chi connectivity index (χ0n) is 11.8. The molecule has 0 radical (unpaired) electrons. The lowest BCUT2D eigenvalue weighted by Gasteiger charge is -2.33. The van der Waals surface area contributed by atoms with Crippen LogP contribution in [0.25, 0.3) is 0 Å². The number of ether oxygens (including phenoxy) is 1. The zero-order chi connectivity index (χ0) is 16.5. The molecule has 1 aliphatic rings. The first-order chi connectivity index (χ1) is 10.3. The van der Waals surface area contributed by atoms with E-state index in [1.807, 2.05) is 0 Å². The molecule has 1 atom stereocenters. The first-order valence-electron chi connectivity index (χ1n) is 6.33. The summed E-state index contributed by atoms with van der Waals surface area (Å²) in [5.41, 5.74) is -3.17. The number of nitrogens with zero attached hydrogens (tertiary/aromatic N) is 2. The van der Waals surface area contributed by atoms with Crippen LogP contribution in [0.15, 0.2) is 52.8 Å². The Morgan fingerprint density at radius 2 is 1.64 bits per heavy atom. The summed E-state index contributed by atoms with van der Waals surface area (Å²) >= 11 is 0. The SMILES string of the molecule is CC1=C(C)C(c2ccccc2)(C(F)(F)F)OC1=C(C#N)C#N. The molecule has 1 unspecified atom stereocenters. The van der Waals surface area contributed by atoms with Crippen LogP contribution >= 0.6 is 0 Å². The van der Waals surface area contributed by atoms with Crippen LogP contribution in [0.4, 0.5) is 13.2 Å². The van der Waals surface area contributed by atoms with Gasteiger partial charge in [0.05, 0.1) is 0 Å². The van der Waals surface area contributed by atoms with Crippen molar-refractivity contribution in [2.45, 2.75) is 25.6 Å². The van der Waals surface area contributed by atoms with Gasteiger partial charge in [0.15, 0.2) is 11.3 Å². The number of allylic oxidation sites excluding steroid dienone is 2. The van der Waals surface area contributed by atoms with Gasteiger partial charge in [-0.2, -0.15) is 23.7 Å². The number of rotatable bonds is 1. The molecule has 3 nitrogen and oxygen atoms in total. The van der Waals surface area contributed by atoms with Crippen molar-refractivity contribution >= 4 is 0 Å². The van der Waals surface area contributed by atoms with E-state index in [1.54, 1.807) is 18.2 Å². The smallest absolute Gasteiger partial charge is 0.436 e. The van der Waals surface area contributed by atoms with Crippen molar-refractivity contribution < 1.29 is 17.9 Å². The molecule has 2 rings (SSSR count). The van der Waals surface area contributed by atoms with Gasteiger partial charge in [-0.15, -0.1) is 0 Å². The van der Waals surface area contributed by atoms with E-state index in [-0.39, 0.29) is 22.5 Å². The minimum absolute atomic E-state index is 0.0794. The van der Waals surface area contributed by atoms with Crippen molar-refractivity contribution in [3.63, 3.8) is 0 Å². The third kappa shape index (κ3) is 2.05. The van der Waals surface area contributed by atoms with Gasteiger partial charge >= 0.3 is 6.18 Å². The van der Waals surface area contributed by atoms with Crippen molar-refractivity contribution in [3.8, 4) is 12.1 Å². The highest BCUT2D eigenvalue weighted by Gasteiger charge is 2.63. The fourth-order valence-corrected chi connectivity index (χ4v) is 2.49. The van der Waals surface area contributed by atoms with Gasteiger partial charge in [-0.25, -0.2) is 0 Å². The lowest BCUT2D eigenvalue weighted by molar-refractivity contribution is -0.250. The molecule has 0 fully saturated rings. The summed E-state index contributed by atoms with van der Waals surface area (Å²) in [7, 11) is 0. The highest BCUT2D eigenvalue weighted by molar-refractivity contribution is 5.54. The largest absolute Gasteiger partial charge is 0.466 e. The molecule has 0 spiro atoms. The van der Waals surface area contributed by atoms with Gasteiger partial charge in [0, 0.05) is 5.56 Å². The molecule has 1 aliphatic heterocycles. The molecule has 0 saturated heterocycles. The second kappa shape index (κ2) is 5.23. The van der Waals surface area contributed by atoms with Crippen LogP contribution in [0.1, 0.15) is 19.4 Å². The Labute approximate surface area is 125 Å². The summed E-state index contributed by atoms with van der Waals surface area (Å²) in [4.78, 5) is 0. The molecule has 0 saturated carbocycles. The molecule has 0 N–H and O–H groups in total. The predicted molar refractivity (Wildman–Crippen MR) is 71.9 cm³/mol. The second-order valence-electron chi connectivity index (χ2n) is 4.82. The minimum atomic E-state index is -4.74. The van der Waals surface area contributed by atoms with E-state index in [0.29, 0.717) is 0 Å². The Balaban J connectivity index is 2.79.